The van der Waals surface area contributed by atoms with Gasteiger partial charge in [0, 0.05) is 0 Å². The number of fused-ring (bicyclic) bond motifs is 1. The van der Waals surface area contributed by atoms with Crippen molar-refractivity contribution in [2.24, 2.45) is 5.92 Å². The minimum Gasteiger partial charge on any atom is -1.00 e. The minimum absolute atomic E-state index is 0. The van der Waals surface area contributed by atoms with Crippen LogP contribution in [0.4, 0.5) is 0 Å². The fraction of sp³-hybridized carbons (Fsp3) is 0.333. The molecule has 1 aliphatic carbocycles. The average molecular weight is 407 g/mol. The second-order valence-corrected chi connectivity index (χ2v) is 6.02. The molecule has 0 heterocycles. The molecular weight excluding hydrogens is 394 g/mol. The maximum Gasteiger partial charge on any atom is -1.00 e. The van der Waals surface area contributed by atoms with Crippen molar-refractivity contribution >= 4 is 6.08 Å². The second-order valence-electron chi connectivity index (χ2n) is 3.95. The van der Waals surface area contributed by atoms with Crippen LogP contribution in [0.2, 0.25) is 0 Å². The summed E-state index contributed by atoms with van der Waals surface area (Å²) < 4.78 is 1.65. The molecule has 79 valence electrons. The molecule has 0 aromatic heterocycles. The molecule has 1 atom stereocenters. The Bertz CT molecular complexity index is 358. The summed E-state index contributed by atoms with van der Waals surface area (Å²) in [5.41, 5.74) is 2.99. The maximum absolute atomic E-state index is 2.38. The van der Waals surface area contributed by atoms with Crippen LogP contribution in [0.3, 0.4) is 0 Å². The van der Waals surface area contributed by atoms with Gasteiger partial charge in [0.2, 0.25) is 0 Å². The minimum atomic E-state index is 0. The first kappa shape index (κ1) is 15.4. The first-order valence-corrected chi connectivity index (χ1v) is 6.52. The van der Waals surface area contributed by atoms with Crippen molar-refractivity contribution in [3.05, 3.63) is 38.7 Å². The fourth-order valence-electron chi connectivity index (χ4n) is 2.07. The third-order valence-electron chi connectivity index (χ3n) is 2.64. The van der Waals surface area contributed by atoms with Gasteiger partial charge in [-0.3, -0.25) is 0 Å². The molecule has 0 saturated carbocycles. The normalized spacial score (nSPS) is 17.7. The Morgan fingerprint density at radius 2 is 1.73 bits per heavy atom. The Hall–Kier alpha value is 0.410. The first-order valence-electron chi connectivity index (χ1n) is 4.72. The van der Waals surface area contributed by atoms with Crippen molar-refractivity contribution in [2.45, 2.75) is 19.8 Å². The zero-order valence-corrected chi connectivity index (χ0v) is 13.9. The third-order valence-corrected chi connectivity index (χ3v) is 4.28. The van der Waals surface area contributed by atoms with Crippen LogP contribution in [0.25, 0.3) is 6.08 Å². The van der Waals surface area contributed by atoms with E-state index in [4.69, 9.17) is 0 Å². The van der Waals surface area contributed by atoms with Gasteiger partial charge in [-0.1, -0.05) is 0 Å². The number of benzene rings is 1. The number of hydrogen-bond acceptors (Lipinski definition) is 0. The Balaban J connectivity index is 0.000000980. The van der Waals surface area contributed by atoms with Crippen molar-refractivity contribution < 1.29 is 49.2 Å². The predicted octanol–water partition coefficient (Wildman–Crippen LogP) is -2.66. The molecular formula is C12H13Cl2Hf. The van der Waals surface area contributed by atoms with Crippen LogP contribution in [0.1, 0.15) is 30.9 Å². The van der Waals surface area contributed by atoms with Gasteiger partial charge in [0.15, 0.2) is 0 Å². The molecule has 0 aliphatic heterocycles. The number of rotatable bonds is 1. The number of hydrogen-bond donors (Lipinski definition) is 0. The fourth-order valence-corrected chi connectivity index (χ4v) is 4.38. The quantitative estimate of drug-likeness (QED) is 0.447. The molecule has 2 rings (SSSR count). The van der Waals surface area contributed by atoms with Crippen molar-refractivity contribution in [2.75, 3.05) is 0 Å². The number of allylic oxidation sites excluding steroid dienone is 1. The SMILES string of the molecule is CC(C)C1[C]([Hf+2])=Cc2ccccc21.[Cl-].[Cl-]. The first-order chi connectivity index (χ1) is 6.20. The van der Waals surface area contributed by atoms with E-state index in [0.717, 1.165) is 5.92 Å². The summed E-state index contributed by atoms with van der Waals surface area (Å²) in [7, 11) is 0. The van der Waals surface area contributed by atoms with Gasteiger partial charge in [0.1, 0.15) is 0 Å². The van der Waals surface area contributed by atoms with Gasteiger partial charge in [-0.2, -0.15) is 0 Å². The van der Waals surface area contributed by atoms with E-state index in [0.29, 0.717) is 5.92 Å². The van der Waals surface area contributed by atoms with Crippen molar-refractivity contribution in [1.82, 2.24) is 0 Å². The third kappa shape index (κ3) is 2.95. The van der Waals surface area contributed by atoms with Crippen LogP contribution in [0.15, 0.2) is 27.6 Å². The van der Waals surface area contributed by atoms with E-state index in [9.17, 15) is 0 Å². The molecule has 0 fully saturated rings. The standard InChI is InChI=1S/C12H13.2ClH.Hf/c1-9(2)11-8-7-10-5-3-4-6-12(10)11;;;/h3-7,9,11H,1-2H3;2*1H;/q;;;+2/p-2. The topological polar surface area (TPSA) is 0 Å². The molecule has 3 heteroatoms. The molecule has 1 aromatic rings. The molecule has 15 heavy (non-hydrogen) atoms. The van der Waals surface area contributed by atoms with Gasteiger partial charge in [-0.15, -0.1) is 0 Å². The Kier molecular flexibility index (Phi) is 6.39. The molecule has 0 N–H and O–H groups in total. The van der Waals surface area contributed by atoms with E-state index in [2.05, 4.69) is 44.2 Å². The summed E-state index contributed by atoms with van der Waals surface area (Å²) in [6, 6.07) is 8.80. The zero-order valence-electron chi connectivity index (χ0n) is 8.80. The van der Waals surface area contributed by atoms with E-state index in [-0.39, 0.29) is 24.8 Å². The molecule has 1 aromatic carbocycles. The summed E-state index contributed by atoms with van der Waals surface area (Å²) >= 11 is 1.20. The second kappa shape index (κ2) is 6.22. The Labute approximate surface area is 119 Å². The van der Waals surface area contributed by atoms with Crippen LogP contribution in [-0.2, 0) is 24.4 Å². The predicted molar refractivity (Wildman–Crippen MR) is 52.0 cm³/mol. The molecule has 0 amide bonds. The van der Waals surface area contributed by atoms with Crippen LogP contribution in [0, 0.1) is 5.92 Å². The molecule has 0 bridgehead atoms. The largest absolute Gasteiger partial charge is 1.00 e. The van der Waals surface area contributed by atoms with Gasteiger partial charge in [0.25, 0.3) is 0 Å². The summed E-state index contributed by atoms with van der Waals surface area (Å²) in [4.78, 5) is 0. The van der Waals surface area contributed by atoms with Gasteiger partial charge >= 0.3 is 94.9 Å². The monoisotopic (exact) mass is 407 g/mol. The molecule has 0 saturated heterocycles. The molecule has 1 unspecified atom stereocenters. The summed E-state index contributed by atoms with van der Waals surface area (Å²) in [5.74, 6) is 1.45. The van der Waals surface area contributed by atoms with E-state index < -0.39 is 0 Å². The van der Waals surface area contributed by atoms with Crippen molar-refractivity contribution in [1.29, 1.82) is 0 Å². The molecule has 0 nitrogen and oxygen atoms in total. The van der Waals surface area contributed by atoms with E-state index in [1.54, 1.807) is 8.89 Å². The van der Waals surface area contributed by atoms with Crippen LogP contribution in [0.5, 0.6) is 0 Å². The van der Waals surface area contributed by atoms with Gasteiger partial charge in [0.05, 0.1) is 0 Å². The molecule has 1 aliphatic rings. The smallest absolute Gasteiger partial charge is 1.00 e. The summed E-state index contributed by atoms with van der Waals surface area (Å²) in [6.45, 7) is 4.64. The van der Waals surface area contributed by atoms with Crippen molar-refractivity contribution in [3.8, 4) is 0 Å². The average Bonchev–Trinajstić information content (AvgIpc) is 2.39. The van der Waals surface area contributed by atoms with Crippen LogP contribution >= 0.6 is 0 Å². The van der Waals surface area contributed by atoms with Crippen molar-refractivity contribution in [3.63, 3.8) is 0 Å². The van der Waals surface area contributed by atoms with Gasteiger partial charge in [-0.05, 0) is 0 Å². The molecule has 0 radical (unpaired) electrons. The van der Waals surface area contributed by atoms with Crippen LogP contribution < -0.4 is 24.8 Å². The number of halogens is 2. The zero-order chi connectivity index (χ0) is 9.42. The summed E-state index contributed by atoms with van der Waals surface area (Å²) in [6.07, 6.45) is 2.38. The van der Waals surface area contributed by atoms with Crippen LogP contribution in [-0.4, -0.2) is 0 Å². The van der Waals surface area contributed by atoms with E-state index in [1.165, 1.54) is 29.9 Å². The van der Waals surface area contributed by atoms with E-state index in [1.807, 2.05) is 0 Å². The van der Waals surface area contributed by atoms with Gasteiger partial charge < -0.3 is 24.8 Å². The van der Waals surface area contributed by atoms with Gasteiger partial charge in [-0.25, -0.2) is 0 Å². The van der Waals surface area contributed by atoms with E-state index >= 15 is 0 Å². The Morgan fingerprint density at radius 1 is 1.13 bits per heavy atom. The molecule has 0 spiro atoms. The Morgan fingerprint density at radius 3 is 2.33 bits per heavy atom. The summed E-state index contributed by atoms with van der Waals surface area (Å²) in [5, 5.41) is 0. The maximum atomic E-state index is 2.38.